The van der Waals surface area contributed by atoms with Crippen LogP contribution in [0.5, 0.6) is 0 Å². The van der Waals surface area contributed by atoms with Gasteiger partial charge in [0, 0.05) is 34.8 Å². The molecular weight excluding hydrogens is 366 g/mol. The van der Waals surface area contributed by atoms with Crippen molar-refractivity contribution in [2.75, 3.05) is 0 Å². The summed E-state index contributed by atoms with van der Waals surface area (Å²) in [6.45, 7) is 1.78. The van der Waals surface area contributed by atoms with Gasteiger partial charge < -0.3 is 4.98 Å². The molecule has 0 spiro atoms. The van der Waals surface area contributed by atoms with E-state index in [0.717, 1.165) is 11.1 Å². The molecule has 0 bridgehead atoms. The lowest BCUT2D eigenvalue weighted by Crippen LogP contribution is -2.18. The van der Waals surface area contributed by atoms with Gasteiger partial charge in [0.1, 0.15) is 5.82 Å². The highest BCUT2D eigenvalue weighted by Gasteiger charge is 2.10. The summed E-state index contributed by atoms with van der Waals surface area (Å²) in [6, 6.07) is 13.5. The fourth-order valence-corrected chi connectivity index (χ4v) is 2.84. The summed E-state index contributed by atoms with van der Waals surface area (Å²) >= 11 is 6.17. The summed E-state index contributed by atoms with van der Waals surface area (Å²) in [7, 11) is 0. The highest BCUT2D eigenvalue weighted by molar-refractivity contribution is 6.31. The monoisotopic (exact) mass is 381 g/mol. The fourth-order valence-electron chi connectivity index (χ4n) is 2.63. The number of aryl methyl sites for hydroxylation is 1. The van der Waals surface area contributed by atoms with Crippen molar-refractivity contribution < 1.29 is 4.92 Å². The predicted octanol–water partition coefficient (Wildman–Crippen LogP) is 4.40. The molecule has 0 atom stereocenters. The van der Waals surface area contributed by atoms with Crippen molar-refractivity contribution in [3.63, 3.8) is 0 Å². The van der Waals surface area contributed by atoms with Crippen molar-refractivity contribution in [3.05, 3.63) is 102 Å². The van der Waals surface area contributed by atoms with Gasteiger partial charge in [0.15, 0.2) is 0 Å². The molecular formula is C20H16ClN3O3. The number of aromatic nitrogens is 2. The maximum atomic E-state index is 12.5. The van der Waals surface area contributed by atoms with E-state index in [0.29, 0.717) is 28.5 Å². The first-order valence-electron chi connectivity index (χ1n) is 8.20. The van der Waals surface area contributed by atoms with Gasteiger partial charge in [-0.05, 0) is 42.3 Å². The van der Waals surface area contributed by atoms with Crippen molar-refractivity contribution in [3.8, 4) is 0 Å². The first-order valence-corrected chi connectivity index (χ1v) is 8.57. The van der Waals surface area contributed by atoms with E-state index in [-0.39, 0.29) is 11.2 Å². The Balaban J connectivity index is 1.83. The Morgan fingerprint density at radius 3 is 2.48 bits per heavy atom. The van der Waals surface area contributed by atoms with E-state index in [1.165, 1.54) is 12.1 Å². The van der Waals surface area contributed by atoms with E-state index in [4.69, 9.17) is 11.6 Å². The van der Waals surface area contributed by atoms with Crippen LogP contribution < -0.4 is 5.56 Å². The number of non-ortho nitro benzene ring substituents is 1. The van der Waals surface area contributed by atoms with Crippen LogP contribution in [0, 0.1) is 17.0 Å². The molecule has 0 aliphatic heterocycles. The molecule has 0 saturated heterocycles. The highest BCUT2D eigenvalue weighted by Crippen LogP contribution is 2.19. The molecule has 0 fully saturated rings. The van der Waals surface area contributed by atoms with Crippen LogP contribution in [0.2, 0.25) is 5.02 Å². The van der Waals surface area contributed by atoms with Gasteiger partial charge in [-0.2, -0.15) is 0 Å². The summed E-state index contributed by atoms with van der Waals surface area (Å²) < 4.78 is 0. The lowest BCUT2D eigenvalue weighted by molar-refractivity contribution is -0.384. The molecule has 2 aromatic carbocycles. The molecule has 0 unspecified atom stereocenters. The van der Waals surface area contributed by atoms with Crippen LogP contribution in [-0.2, 0) is 6.42 Å². The molecule has 3 rings (SSSR count). The van der Waals surface area contributed by atoms with E-state index in [1.807, 2.05) is 18.2 Å². The van der Waals surface area contributed by atoms with Crippen molar-refractivity contribution in [2.24, 2.45) is 0 Å². The Bertz CT molecular complexity index is 1070. The van der Waals surface area contributed by atoms with Crippen molar-refractivity contribution in [2.45, 2.75) is 13.3 Å². The molecule has 136 valence electrons. The average molecular weight is 382 g/mol. The normalized spacial score (nSPS) is 11.0. The van der Waals surface area contributed by atoms with Gasteiger partial charge >= 0.3 is 0 Å². The number of nitro groups is 1. The van der Waals surface area contributed by atoms with Crippen LogP contribution >= 0.6 is 11.6 Å². The molecule has 0 saturated carbocycles. The maximum Gasteiger partial charge on any atom is 0.269 e. The van der Waals surface area contributed by atoms with Crippen LogP contribution in [0.15, 0.2) is 53.3 Å². The number of benzene rings is 2. The molecule has 6 nitrogen and oxygen atoms in total. The lowest BCUT2D eigenvalue weighted by Gasteiger charge is -2.07. The number of aromatic amines is 1. The molecule has 27 heavy (non-hydrogen) atoms. The van der Waals surface area contributed by atoms with Gasteiger partial charge in [-0.15, -0.1) is 0 Å². The number of nitrogens with zero attached hydrogens (tertiary/aromatic N) is 2. The number of nitrogens with one attached hydrogen (secondary N) is 1. The third-order valence-electron chi connectivity index (χ3n) is 4.10. The lowest BCUT2D eigenvalue weighted by atomic mass is 10.1. The molecule has 0 aliphatic rings. The third-order valence-corrected chi connectivity index (χ3v) is 4.47. The molecule has 0 amide bonds. The first-order chi connectivity index (χ1) is 12.9. The second-order valence-electron chi connectivity index (χ2n) is 5.97. The quantitative estimate of drug-likeness (QED) is 0.524. The number of H-pyrrole nitrogens is 1. The number of halogens is 1. The third kappa shape index (κ3) is 4.48. The van der Waals surface area contributed by atoms with Gasteiger partial charge in [-0.3, -0.25) is 14.9 Å². The summed E-state index contributed by atoms with van der Waals surface area (Å²) in [5.41, 5.74) is 2.63. The van der Waals surface area contributed by atoms with Crippen molar-refractivity contribution in [1.29, 1.82) is 0 Å². The Morgan fingerprint density at radius 1 is 1.15 bits per heavy atom. The van der Waals surface area contributed by atoms with E-state index >= 15 is 0 Å². The molecule has 0 aliphatic carbocycles. The minimum atomic E-state index is -0.451. The summed E-state index contributed by atoms with van der Waals surface area (Å²) in [4.78, 5) is 29.9. The molecule has 0 radical (unpaired) electrons. The average Bonchev–Trinajstić information content (AvgIpc) is 2.64. The predicted molar refractivity (Wildman–Crippen MR) is 106 cm³/mol. The highest BCUT2D eigenvalue weighted by atomic mass is 35.5. The zero-order valence-corrected chi connectivity index (χ0v) is 15.2. The minimum Gasteiger partial charge on any atom is -0.307 e. The van der Waals surface area contributed by atoms with E-state index in [2.05, 4.69) is 9.97 Å². The number of rotatable bonds is 5. The van der Waals surface area contributed by atoms with E-state index in [1.54, 1.807) is 37.3 Å². The SMILES string of the molecule is Cc1nc(/C=C/c2ccc([N+](=O)[O-])cc2)[nH]c(=O)c1Cc1ccccc1Cl. The summed E-state index contributed by atoms with van der Waals surface area (Å²) in [6.07, 6.45) is 3.80. The van der Waals surface area contributed by atoms with Crippen molar-refractivity contribution >= 4 is 29.4 Å². The Hall–Kier alpha value is -3.25. The molecule has 7 heteroatoms. The molecule has 1 aromatic heterocycles. The van der Waals surface area contributed by atoms with Crippen LogP contribution in [-0.4, -0.2) is 14.9 Å². The molecule has 1 heterocycles. The second kappa shape index (κ2) is 7.97. The summed E-state index contributed by atoms with van der Waals surface area (Å²) in [5, 5.41) is 11.3. The van der Waals surface area contributed by atoms with Crippen LogP contribution in [0.3, 0.4) is 0 Å². The maximum absolute atomic E-state index is 12.5. The van der Waals surface area contributed by atoms with Crippen molar-refractivity contribution in [1.82, 2.24) is 9.97 Å². The zero-order valence-electron chi connectivity index (χ0n) is 14.5. The first kappa shape index (κ1) is 18.5. The van der Waals surface area contributed by atoms with Gasteiger partial charge in [-0.25, -0.2) is 4.98 Å². The van der Waals surface area contributed by atoms with E-state index in [9.17, 15) is 14.9 Å². The molecule has 1 N–H and O–H groups in total. The van der Waals surface area contributed by atoms with Crippen LogP contribution in [0.25, 0.3) is 12.2 Å². The Morgan fingerprint density at radius 2 is 1.85 bits per heavy atom. The van der Waals surface area contributed by atoms with Gasteiger partial charge in [0.2, 0.25) is 0 Å². The smallest absolute Gasteiger partial charge is 0.269 e. The standard InChI is InChI=1S/C20H16ClN3O3/c1-13-17(12-15-4-2-3-5-18(15)21)20(25)23-19(22-13)11-8-14-6-9-16(10-7-14)24(26)27/h2-11H,12H2,1H3,(H,22,23,25)/b11-8+. The van der Waals surface area contributed by atoms with Gasteiger partial charge in [-0.1, -0.05) is 35.9 Å². The molecule has 3 aromatic rings. The van der Waals surface area contributed by atoms with Crippen LogP contribution in [0.4, 0.5) is 5.69 Å². The minimum absolute atomic E-state index is 0.0263. The zero-order chi connectivity index (χ0) is 19.4. The number of hydrogen-bond donors (Lipinski definition) is 1. The summed E-state index contributed by atoms with van der Waals surface area (Å²) in [5.74, 6) is 0.416. The van der Waals surface area contributed by atoms with E-state index < -0.39 is 4.92 Å². The van der Waals surface area contributed by atoms with Crippen LogP contribution in [0.1, 0.15) is 28.2 Å². The fraction of sp³-hybridized carbons (Fsp3) is 0.100. The number of hydrogen-bond acceptors (Lipinski definition) is 4. The Labute approximate surface area is 160 Å². The van der Waals surface area contributed by atoms with Gasteiger partial charge in [0.25, 0.3) is 11.2 Å². The number of nitro benzene ring substituents is 1. The van der Waals surface area contributed by atoms with Gasteiger partial charge in [0.05, 0.1) is 4.92 Å². The largest absolute Gasteiger partial charge is 0.307 e. The topological polar surface area (TPSA) is 88.9 Å². The second-order valence-corrected chi connectivity index (χ2v) is 6.37. The Kier molecular flexibility index (Phi) is 5.47.